The molecule has 5 heteroatoms. The zero-order valence-electron chi connectivity index (χ0n) is 13.9. The second-order valence-corrected chi connectivity index (χ2v) is 5.21. The molecule has 0 saturated heterocycles. The molecule has 0 radical (unpaired) electrons. The topological polar surface area (TPSA) is 59.1 Å². The fraction of sp³-hybridized carbons (Fsp3) is 0.750. The molecule has 1 aromatic rings. The van der Waals surface area contributed by atoms with E-state index in [1.807, 2.05) is 20.0 Å². The molecule has 1 unspecified atom stereocenters. The van der Waals surface area contributed by atoms with Gasteiger partial charge in [0.2, 0.25) is 0 Å². The molecule has 1 aromatic heterocycles. The van der Waals surface area contributed by atoms with Crippen LogP contribution in [0.25, 0.3) is 0 Å². The summed E-state index contributed by atoms with van der Waals surface area (Å²) < 4.78 is 5.41. The maximum atomic E-state index is 5.41. The van der Waals surface area contributed by atoms with Gasteiger partial charge < -0.3 is 15.4 Å². The lowest BCUT2D eigenvalue weighted by atomic mass is 10.1. The molecule has 0 aromatic carbocycles. The first kappa shape index (κ1) is 17.7. The van der Waals surface area contributed by atoms with Crippen molar-refractivity contribution >= 4 is 11.6 Å². The van der Waals surface area contributed by atoms with Crippen molar-refractivity contribution in [3.05, 3.63) is 11.9 Å². The molecule has 0 aliphatic heterocycles. The molecule has 120 valence electrons. The first-order valence-corrected chi connectivity index (χ1v) is 8.13. The van der Waals surface area contributed by atoms with Crippen LogP contribution in [-0.4, -0.2) is 29.7 Å². The van der Waals surface area contributed by atoms with Crippen LogP contribution >= 0.6 is 0 Å². The molecule has 2 N–H and O–H groups in total. The second kappa shape index (κ2) is 10.4. The summed E-state index contributed by atoms with van der Waals surface area (Å²) in [7, 11) is 1.87. The summed E-state index contributed by atoms with van der Waals surface area (Å²) in [5.41, 5.74) is 0. The first-order chi connectivity index (χ1) is 10.2. The Labute approximate surface area is 128 Å². The highest BCUT2D eigenvalue weighted by Gasteiger charge is 2.10. The van der Waals surface area contributed by atoms with Crippen LogP contribution in [0.3, 0.4) is 0 Å². The highest BCUT2D eigenvalue weighted by molar-refractivity contribution is 5.47. The van der Waals surface area contributed by atoms with Gasteiger partial charge in [0.25, 0.3) is 0 Å². The number of nitrogens with zero attached hydrogens (tertiary/aromatic N) is 2. The fourth-order valence-electron chi connectivity index (χ4n) is 2.25. The predicted octanol–water partition coefficient (Wildman–Crippen LogP) is 3.83. The number of hydrogen-bond acceptors (Lipinski definition) is 5. The van der Waals surface area contributed by atoms with Crippen LogP contribution in [0, 0.1) is 0 Å². The van der Waals surface area contributed by atoms with Gasteiger partial charge in [0.1, 0.15) is 18.2 Å². The molecule has 5 nitrogen and oxygen atoms in total. The lowest BCUT2D eigenvalue weighted by Crippen LogP contribution is -2.20. The Kier molecular flexibility index (Phi) is 8.74. The summed E-state index contributed by atoms with van der Waals surface area (Å²) in [6.45, 7) is 7.55. The van der Waals surface area contributed by atoms with Crippen LogP contribution in [0.4, 0.5) is 11.6 Å². The maximum Gasteiger partial charge on any atom is 0.158 e. The molecule has 1 rings (SSSR count). The minimum absolute atomic E-state index is 0.452. The van der Waals surface area contributed by atoms with E-state index in [2.05, 4.69) is 34.4 Å². The Morgan fingerprint density at radius 1 is 1.10 bits per heavy atom. The lowest BCUT2D eigenvalue weighted by Gasteiger charge is -2.19. The number of rotatable bonds is 11. The first-order valence-electron chi connectivity index (χ1n) is 8.13. The highest BCUT2D eigenvalue weighted by Crippen LogP contribution is 2.16. The van der Waals surface area contributed by atoms with Gasteiger partial charge in [-0.3, -0.25) is 0 Å². The number of unbranched alkanes of at least 4 members (excludes halogenated alkanes) is 1. The lowest BCUT2D eigenvalue weighted by molar-refractivity contribution is 0.128. The molecular formula is C16H30N4O. The largest absolute Gasteiger partial charge is 0.374 e. The molecular weight excluding hydrogens is 264 g/mol. The van der Waals surface area contributed by atoms with Gasteiger partial charge in [-0.1, -0.05) is 33.1 Å². The monoisotopic (exact) mass is 294 g/mol. The number of hydrogen-bond donors (Lipinski definition) is 2. The fourth-order valence-corrected chi connectivity index (χ4v) is 2.25. The molecule has 1 atom stereocenters. The van der Waals surface area contributed by atoms with Crippen LogP contribution < -0.4 is 10.6 Å². The molecule has 0 bridgehead atoms. The van der Waals surface area contributed by atoms with Gasteiger partial charge in [0.15, 0.2) is 5.82 Å². The quantitative estimate of drug-likeness (QED) is 0.649. The van der Waals surface area contributed by atoms with Gasteiger partial charge in [-0.25, -0.2) is 9.97 Å². The smallest absolute Gasteiger partial charge is 0.158 e. The molecule has 0 amide bonds. The molecule has 0 aliphatic carbocycles. The van der Waals surface area contributed by atoms with Crippen LogP contribution in [-0.2, 0) is 11.3 Å². The van der Waals surface area contributed by atoms with Gasteiger partial charge in [-0.2, -0.15) is 0 Å². The molecule has 0 aliphatic rings. The van der Waals surface area contributed by atoms with Crippen LogP contribution in [0.5, 0.6) is 0 Å². The summed E-state index contributed by atoms with van der Waals surface area (Å²) in [6, 6.07) is 2.44. The Balaban J connectivity index is 2.77. The van der Waals surface area contributed by atoms with Crippen LogP contribution in [0.15, 0.2) is 6.07 Å². The van der Waals surface area contributed by atoms with Crippen molar-refractivity contribution in [2.75, 3.05) is 24.3 Å². The Morgan fingerprint density at radius 2 is 1.86 bits per heavy atom. The van der Waals surface area contributed by atoms with E-state index in [9.17, 15) is 0 Å². The number of nitrogens with one attached hydrogen (secondary N) is 2. The number of ether oxygens (including phenoxy) is 1. The van der Waals surface area contributed by atoms with Crippen molar-refractivity contribution in [2.45, 2.75) is 65.5 Å². The zero-order valence-corrected chi connectivity index (χ0v) is 13.9. The van der Waals surface area contributed by atoms with Crippen LogP contribution in [0.1, 0.15) is 58.7 Å². The van der Waals surface area contributed by atoms with Gasteiger partial charge in [-0.15, -0.1) is 0 Å². The van der Waals surface area contributed by atoms with E-state index in [1.54, 1.807) is 0 Å². The van der Waals surface area contributed by atoms with Crippen molar-refractivity contribution in [3.63, 3.8) is 0 Å². The summed E-state index contributed by atoms with van der Waals surface area (Å²) in [4.78, 5) is 8.98. The van der Waals surface area contributed by atoms with E-state index >= 15 is 0 Å². The molecule has 1 heterocycles. The Hall–Kier alpha value is -1.36. The van der Waals surface area contributed by atoms with E-state index in [1.165, 1.54) is 32.1 Å². The second-order valence-electron chi connectivity index (χ2n) is 5.21. The summed E-state index contributed by atoms with van der Waals surface area (Å²) in [5, 5.41) is 6.65. The summed E-state index contributed by atoms with van der Waals surface area (Å²) >= 11 is 0. The zero-order chi connectivity index (χ0) is 15.5. The van der Waals surface area contributed by atoms with E-state index in [4.69, 9.17) is 4.74 Å². The SMILES string of the molecule is CCCCC(CCC)Nc1cc(NC)nc(COCC)n1. The van der Waals surface area contributed by atoms with Crippen molar-refractivity contribution < 1.29 is 4.74 Å². The molecule has 0 saturated carbocycles. The highest BCUT2D eigenvalue weighted by atomic mass is 16.5. The molecule has 0 fully saturated rings. The van der Waals surface area contributed by atoms with Crippen molar-refractivity contribution in [2.24, 2.45) is 0 Å². The van der Waals surface area contributed by atoms with Crippen molar-refractivity contribution in [1.82, 2.24) is 9.97 Å². The standard InChI is InChI=1S/C16H30N4O/c1-5-8-10-13(9-6-2)18-15-11-14(17-4)19-16(20-15)12-21-7-3/h11,13H,5-10,12H2,1-4H3,(H2,17,18,19,20). The predicted molar refractivity (Wildman–Crippen MR) is 88.8 cm³/mol. The van der Waals surface area contributed by atoms with E-state index in [0.29, 0.717) is 19.3 Å². The average molecular weight is 294 g/mol. The Bertz CT molecular complexity index is 398. The third-order valence-electron chi connectivity index (χ3n) is 3.36. The van der Waals surface area contributed by atoms with E-state index < -0.39 is 0 Å². The summed E-state index contributed by atoms with van der Waals surface area (Å²) in [6.07, 6.45) is 6.00. The normalized spacial score (nSPS) is 12.2. The van der Waals surface area contributed by atoms with E-state index in [0.717, 1.165) is 17.5 Å². The minimum atomic E-state index is 0.452. The van der Waals surface area contributed by atoms with Crippen molar-refractivity contribution in [1.29, 1.82) is 0 Å². The Morgan fingerprint density at radius 3 is 2.48 bits per heavy atom. The van der Waals surface area contributed by atoms with Gasteiger partial charge >= 0.3 is 0 Å². The third kappa shape index (κ3) is 6.76. The third-order valence-corrected chi connectivity index (χ3v) is 3.36. The van der Waals surface area contributed by atoms with Crippen molar-refractivity contribution in [3.8, 4) is 0 Å². The minimum Gasteiger partial charge on any atom is -0.374 e. The van der Waals surface area contributed by atoms with Crippen LogP contribution in [0.2, 0.25) is 0 Å². The maximum absolute atomic E-state index is 5.41. The van der Waals surface area contributed by atoms with Gasteiger partial charge in [0, 0.05) is 25.8 Å². The number of anilines is 2. The van der Waals surface area contributed by atoms with Gasteiger partial charge in [0.05, 0.1) is 0 Å². The number of aromatic nitrogens is 2. The van der Waals surface area contributed by atoms with E-state index in [-0.39, 0.29) is 0 Å². The summed E-state index contributed by atoms with van der Waals surface area (Å²) in [5.74, 6) is 2.43. The van der Waals surface area contributed by atoms with Gasteiger partial charge in [-0.05, 0) is 19.8 Å². The average Bonchev–Trinajstić information content (AvgIpc) is 2.50. The molecule has 0 spiro atoms. The molecule has 21 heavy (non-hydrogen) atoms.